The molecular formula is C14H16N2O3. The largest absolute Gasteiger partial charge is 0.492 e. The van der Waals surface area contributed by atoms with Crippen molar-refractivity contribution < 1.29 is 14.3 Å². The van der Waals surface area contributed by atoms with Crippen molar-refractivity contribution in [2.75, 3.05) is 32.9 Å². The van der Waals surface area contributed by atoms with Crippen LogP contribution < -0.4 is 4.74 Å². The van der Waals surface area contributed by atoms with Crippen LogP contribution in [0.25, 0.3) is 0 Å². The Bertz CT molecular complexity index is 465. The number of hydrogen-bond acceptors (Lipinski definition) is 4. The lowest BCUT2D eigenvalue weighted by Crippen LogP contribution is -2.43. The van der Waals surface area contributed by atoms with Gasteiger partial charge in [-0.25, -0.2) is 0 Å². The number of benzene rings is 1. The Kier molecular flexibility index (Phi) is 4.76. The predicted molar refractivity (Wildman–Crippen MR) is 68.7 cm³/mol. The van der Waals surface area contributed by atoms with Crippen molar-refractivity contribution in [3.63, 3.8) is 0 Å². The van der Waals surface area contributed by atoms with Gasteiger partial charge in [0.05, 0.1) is 25.6 Å². The monoisotopic (exact) mass is 260 g/mol. The highest BCUT2D eigenvalue weighted by atomic mass is 16.5. The molecule has 0 aromatic heterocycles. The van der Waals surface area contributed by atoms with Crippen molar-refractivity contribution in [1.29, 1.82) is 5.26 Å². The first kappa shape index (κ1) is 13.4. The molecule has 0 aliphatic carbocycles. The molecule has 0 unspecified atom stereocenters. The smallest absolute Gasteiger partial charge is 0.248 e. The van der Waals surface area contributed by atoms with Gasteiger partial charge in [-0.3, -0.25) is 4.79 Å². The van der Waals surface area contributed by atoms with Crippen LogP contribution >= 0.6 is 0 Å². The molecule has 1 heterocycles. The number of morpholine rings is 1. The fraction of sp³-hybridized carbons (Fsp3) is 0.429. The molecule has 1 aliphatic rings. The van der Waals surface area contributed by atoms with Crippen molar-refractivity contribution in [2.24, 2.45) is 0 Å². The minimum atomic E-state index is 0.0132. The van der Waals surface area contributed by atoms with Gasteiger partial charge in [-0.05, 0) is 17.7 Å². The van der Waals surface area contributed by atoms with E-state index in [-0.39, 0.29) is 12.5 Å². The van der Waals surface area contributed by atoms with Gasteiger partial charge < -0.3 is 14.4 Å². The highest BCUT2D eigenvalue weighted by Crippen LogP contribution is 2.12. The van der Waals surface area contributed by atoms with E-state index >= 15 is 0 Å². The first-order valence-corrected chi connectivity index (χ1v) is 6.24. The third kappa shape index (κ3) is 3.97. The Morgan fingerprint density at radius 2 is 2.16 bits per heavy atom. The first-order chi connectivity index (χ1) is 9.29. The summed E-state index contributed by atoms with van der Waals surface area (Å²) in [6.07, 6.45) is 0.405. The normalized spacial score (nSPS) is 15.1. The topological polar surface area (TPSA) is 62.6 Å². The standard InChI is InChI=1S/C14H16N2O3/c15-6-5-12-1-3-13(4-2-12)19-10-8-16-7-9-18-11-14(16)17/h1-4H,5,7-11H2. The van der Waals surface area contributed by atoms with Crippen LogP contribution in [0.3, 0.4) is 0 Å². The molecule has 5 nitrogen and oxygen atoms in total. The average molecular weight is 260 g/mol. The van der Waals surface area contributed by atoms with Gasteiger partial charge in [-0.15, -0.1) is 0 Å². The fourth-order valence-electron chi connectivity index (χ4n) is 1.86. The minimum absolute atomic E-state index is 0.0132. The summed E-state index contributed by atoms with van der Waals surface area (Å²) in [4.78, 5) is 13.2. The van der Waals surface area contributed by atoms with Crippen molar-refractivity contribution in [3.8, 4) is 11.8 Å². The summed E-state index contributed by atoms with van der Waals surface area (Å²) in [6.45, 7) is 2.42. The summed E-state index contributed by atoms with van der Waals surface area (Å²) in [5, 5.41) is 8.57. The Balaban J connectivity index is 1.76. The quantitative estimate of drug-likeness (QED) is 0.792. The van der Waals surface area contributed by atoms with Crippen LogP contribution in [-0.2, 0) is 16.0 Å². The van der Waals surface area contributed by atoms with E-state index in [0.29, 0.717) is 32.7 Å². The van der Waals surface area contributed by atoms with E-state index in [2.05, 4.69) is 6.07 Å². The molecule has 19 heavy (non-hydrogen) atoms. The summed E-state index contributed by atoms with van der Waals surface area (Å²) in [7, 11) is 0. The van der Waals surface area contributed by atoms with Crippen molar-refractivity contribution in [2.45, 2.75) is 6.42 Å². The molecule has 1 aromatic carbocycles. The maximum Gasteiger partial charge on any atom is 0.248 e. The molecule has 100 valence electrons. The number of hydrogen-bond donors (Lipinski definition) is 0. The van der Waals surface area contributed by atoms with Gasteiger partial charge in [-0.1, -0.05) is 12.1 Å². The zero-order valence-electron chi connectivity index (χ0n) is 10.7. The van der Waals surface area contributed by atoms with Gasteiger partial charge >= 0.3 is 0 Å². The zero-order chi connectivity index (χ0) is 13.5. The third-order valence-corrected chi connectivity index (χ3v) is 2.92. The molecule has 0 spiro atoms. The van der Waals surface area contributed by atoms with E-state index in [1.807, 2.05) is 24.3 Å². The maximum absolute atomic E-state index is 11.5. The molecule has 0 atom stereocenters. The van der Waals surface area contributed by atoms with Gasteiger partial charge in [-0.2, -0.15) is 5.26 Å². The minimum Gasteiger partial charge on any atom is -0.492 e. The molecule has 0 saturated carbocycles. The second-order valence-corrected chi connectivity index (χ2v) is 4.26. The third-order valence-electron chi connectivity index (χ3n) is 2.92. The predicted octanol–water partition coefficient (Wildman–Crippen LogP) is 0.990. The van der Waals surface area contributed by atoms with Crippen LogP contribution in [0.1, 0.15) is 5.56 Å². The Labute approximate surface area is 112 Å². The number of carbonyl (C=O) groups is 1. The van der Waals surface area contributed by atoms with Gasteiger partial charge in [0.1, 0.15) is 19.0 Å². The van der Waals surface area contributed by atoms with Gasteiger partial charge in [0, 0.05) is 6.54 Å². The molecule has 1 aliphatic heterocycles. The van der Waals surface area contributed by atoms with E-state index in [0.717, 1.165) is 11.3 Å². The molecule has 0 radical (unpaired) electrons. The molecule has 0 bridgehead atoms. The van der Waals surface area contributed by atoms with Gasteiger partial charge in [0.2, 0.25) is 5.91 Å². The highest BCUT2D eigenvalue weighted by molar-refractivity contribution is 5.77. The van der Waals surface area contributed by atoms with Crippen LogP contribution in [0.5, 0.6) is 5.75 Å². The lowest BCUT2D eigenvalue weighted by atomic mass is 10.2. The highest BCUT2D eigenvalue weighted by Gasteiger charge is 2.17. The summed E-state index contributed by atoms with van der Waals surface area (Å²) in [5.74, 6) is 0.765. The first-order valence-electron chi connectivity index (χ1n) is 6.24. The molecule has 1 aromatic rings. The number of ether oxygens (including phenoxy) is 2. The van der Waals surface area contributed by atoms with E-state index in [9.17, 15) is 4.79 Å². The molecular weight excluding hydrogens is 244 g/mol. The second kappa shape index (κ2) is 6.76. The molecule has 0 N–H and O–H groups in total. The zero-order valence-corrected chi connectivity index (χ0v) is 10.7. The molecule has 5 heteroatoms. The summed E-state index contributed by atoms with van der Waals surface area (Å²) in [6, 6.07) is 9.53. The lowest BCUT2D eigenvalue weighted by molar-refractivity contribution is -0.143. The van der Waals surface area contributed by atoms with Crippen LogP contribution in [-0.4, -0.2) is 43.7 Å². The number of carbonyl (C=O) groups excluding carboxylic acids is 1. The van der Waals surface area contributed by atoms with Crippen molar-refractivity contribution >= 4 is 5.91 Å². The number of amides is 1. The summed E-state index contributed by atoms with van der Waals surface area (Å²) < 4.78 is 10.6. The summed E-state index contributed by atoms with van der Waals surface area (Å²) >= 11 is 0. The lowest BCUT2D eigenvalue weighted by Gasteiger charge is -2.26. The van der Waals surface area contributed by atoms with Crippen LogP contribution in [0.2, 0.25) is 0 Å². The maximum atomic E-state index is 11.5. The molecule has 1 amide bonds. The summed E-state index contributed by atoms with van der Waals surface area (Å²) in [5.41, 5.74) is 0.971. The Morgan fingerprint density at radius 1 is 1.37 bits per heavy atom. The van der Waals surface area contributed by atoms with Crippen molar-refractivity contribution in [3.05, 3.63) is 29.8 Å². The fourth-order valence-corrected chi connectivity index (χ4v) is 1.86. The van der Waals surface area contributed by atoms with Crippen LogP contribution in [0, 0.1) is 11.3 Å². The van der Waals surface area contributed by atoms with E-state index in [1.165, 1.54) is 0 Å². The van der Waals surface area contributed by atoms with E-state index < -0.39 is 0 Å². The Hall–Kier alpha value is -2.06. The van der Waals surface area contributed by atoms with E-state index in [4.69, 9.17) is 14.7 Å². The Morgan fingerprint density at radius 3 is 2.84 bits per heavy atom. The van der Waals surface area contributed by atoms with Crippen LogP contribution in [0.15, 0.2) is 24.3 Å². The van der Waals surface area contributed by atoms with Gasteiger partial charge in [0.15, 0.2) is 0 Å². The molecule has 2 rings (SSSR count). The number of rotatable bonds is 5. The van der Waals surface area contributed by atoms with E-state index in [1.54, 1.807) is 4.90 Å². The SMILES string of the molecule is N#CCc1ccc(OCCN2CCOCC2=O)cc1. The molecule has 1 fully saturated rings. The van der Waals surface area contributed by atoms with Crippen LogP contribution in [0.4, 0.5) is 0 Å². The number of nitriles is 1. The average Bonchev–Trinajstić information content (AvgIpc) is 2.43. The second-order valence-electron chi connectivity index (χ2n) is 4.26. The number of nitrogens with zero attached hydrogens (tertiary/aromatic N) is 2. The van der Waals surface area contributed by atoms with Crippen molar-refractivity contribution in [1.82, 2.24) is 4.90 Å². The van der Waals surface area contributed by atoms with Gasteiger partial charge in [0.25, 0.3) is 0 Å². The molecule has 1 saturated heterocycles.